The normalized spacial score (nSPS) is 14.3. The molecule has 0 bridgehead atoms. The second-order valence-corrected chi connectivity index (χ2v) is 4.39. The topological polar surface area (TPSA) is 68.1 Å². The number of aromatic amines is 1. The van der Waals surface area contributed by atoms with Crippen LogP contribution in [0.25, 0.3) is 10.9 Å². The lowest BCUT2D eigenvalue weighted by atomic mass is 10.00. The molecule has 1 aromatic heterocycles. The van der Waals surface area contributed by atoms with Gasteiger partial charge in [0.05, 0.1) is 12.6 Å². The summed E-state index contributed by atoms with van der Waals surface area (Å²) in [6, 6.07) is 6.44. The van der Waals surface area contributed by atoms with Crippen LogP contribution >= 0.6 is 0 Å². The summed E-state index contributed by atoms with van der Waals surface area (Å²) in [4.78, 5) is 14.6. The van der Waals surface area contributed by atoms with Crippen molar-refractivity contribution in [3.63, 3.8) is 0 Å². The molecule has 0 amide bonds. The van der Waals surface area contributed by atoms with E-state index >= 15 is 0 Å². The van der Waals surface area contributed by atoms with E-state index in [2.05, 4.69) is 9.72 Å². The van der Waals surface area contributed by atoms with E-state index in [0.717, 1.165) is 16.6 Å². The minimum Gasteiger partial charge on any atom is -0.464 e. The summed E-state index contributed by atoms with van der Waals surface area (Å²) < 4.78 is 18.7. The molecule has 4 nitrogen and oxygen atoms in total. The maximum atomic E-state index is 14.0. The number of fused-ring (bicyclic) bond motifs is 1. The number of esters is 1. The summed E-state index contributed by atoms with van der Waals surface area (Å²) in [6.45, 7) is 3.58. The highest BCUT2D eigenvalue weighted by Crippen LogP contribution is 2.29. The quantitative estimate of drug-likeness (QED) is 0.833. The third-order valence-electron chi connectivity index (χ3n) is 3.10. The molecule has 0 saturated carbocycles. The van der Waals surface area contributed by atoms with E-state index in [1.165, 1.54) is 0 Å². The molecule has 0 aliphatic carbocycles. The van der Waals surface area contributed by atoms with Crippen molar-refractivity contribution >= 4 is 16.9 Å². The summed E-state index contributed by atoms with van der Waals surface area (Å²) in [5.41, 5.74) is 8.15. The maximum absolute atomic E-state index is 14.0. The average Bonchev–Trinajstić information content (AvgIpc) is 2.73. The lowest BCUT2D eigenvalue weighted by molar-refractivity contribution is -0.149. The first-order valence-corrected chi connectivity index (χ1v) is 6.19. The number of nitrogens with two attached hydrogens (primary N) is 1. The number of carbonyl (C=O) groups excluding carboxylic acids is 1. The predicted molar refractivity (Wildman–Crippen MR) is 71.5 cm³/mol. The van der Waals surface area contributed by atoms with E-state index in [1.807, 2.05) is 31.2 Å². The monoisotopic (exact) mass is 264 g/mol. The Morgan fingerprint density at radius 2 is 2.16 bits per heavy atom. The van der Waals surface area contributed by atoms with Crippen molar-refractivity contribution in [2.45, 2.75) is 26.1 Å². The zero-order valence-electron chi connectivity index (χ0n) is 10.9. The molecular formula is C14H17FN2O2. The van der Waals surface area contributed by atoms with Crippen LogP contribution < -0.4 is 5.73 Å². The van der Waals surface area contributed by atoms with Crippen LogP contribution in [0.5, 0.6) is 0 Å². The second-order valence-electron chi connectivity index (χ2n) is 4.39. The molecule has 0 spiro atoms. The Balaban J connectivity index is 2.38. The Labute approximate surface area is 110 Å². The molecule has 19 heavy (non-hydrogen) atoms. The summed E-state index contributed by atoms with van der Waals surface area (Å²) >= 11 is 0. The van der Waals surface area contributed by atoms with E-state index in [4.69, 9.17) is 5.73 Å². The zero-order valence-corrected chi connectivity index (χ0v) is 10.9. The lowest BCUT2D eigenvalue weighted by Gasteiger charge is -2.16. The highest BCUT2D eigenvalue weighted by atomic mass is 19.1. The molecule has 1 aromatic carbocycles. The summed E-state index contributed by atoms with van der Waals surface area (Å²) in [6.07, 6.45) is -1.86. The third-order valence-corrected chi connectivity index (χ3v) is 3.10. The van der Waals surface area contributed by atoms with Crippen LogP contribution in [0.1, 0.15) is 24.2 Å². The number of benzene rings is 1. The first-order chi connectivity index (χ1) is 9.06. The fourth-order valence-electron chi connectivity index (χ4n) is 2.24. The minimum absolute atomic E-state index is 0.138. The summed E-state index contributed by atoms with van der Waals surface area (Å²) in [5.74, 6) is -0.917. The van der Waals surface area contributed by atoms with Gasteiger partial charge in [-0.15, -0.1) is 0 Å². The molecule has 0 aliphatic rings. The number of halogens is 1. The largest absolute Gasteiger partial charge is 0.464 e. The first-order valence-electron chi connectivity index (χ1n) is 6.19. The van der Waals surface area contributed by atoms with Gasteiger partial charge in [0.1, 0.15) is 0 Å². The molecule has 102 valence electrons. The van der Waals surface area contributed by atoms with E-state index in [9.17, 15) is 9.18 Å². The first kappa shape index (κ1) is 13.5. The molecular weight excluding hydrogens is 247 g/mol. The van der Waals surface area contributed by atoms with Gasteiger partial charge in [0.25, 0.3) is 0 Å². The van der Waals surface area contributed by atoms with Crippen molar-refractivity contribution in [3.05, 3.63) is 35.5 Å². The number of nitrogens with one attached hydrogen (secondary N) is 1. The van der Waals surface area contributed by atoms with Crippen molar-refractivity contribution in [2.75, 3.05) is 6.61 Å². The van der Waals surface area contributed by atoms with Crippen LogP contribution in [0.4, 0.5) is 4.39 Å². The molecule has 1 heterocycles. The predicted octanol–water partition coefficient (Wildman–Crippen LogP) is 2.38. The number of para-hydroxylation sites is 1. The Morgan fingerprint density at radius 3 is 2.84 bits per heavy atom. The fourth-order valence-corrected chi connectivity index (χ4v) is 2.24. The maximum Gasteiger partial charge on any atom is 0.342 e. The molecule has 1 unspecified atom stereocenters. The molecule has 0 saturated heterocycles. The molecule has 0 aliphatic heterocycles. The van der Waals surface area contributed by atoms with E-state index in [-0.39, 0.29) is 6.61 Å². The molecule has 2 atom stereocenters. The van der Waals surface area contributed by atoms with Gasteiger partial charge in [-0.25, -0.2) is 9.18 Å². The van der Waals surface area contributed by atoms with Gasteiger partial charge in [0, 0.05) is 22.2 Å². The van der Waals surface area contributed by atoms with Crippen molar-refractivity contribution in [1.29, 1.82) is 0 Å². The van der Waals surface area contributed by atoms with Crippen LogP contribution in [-0.2, 0) is 9.53 Å². The number of hydrogen-bond acceptors (Lipinski definition) is 3. The minimum atomic E-state index is -1.86. The Kier molecular flexibility index (Phi) is 3.85. The van der Waals surface area contributed by atoms with Crippen molar-refractivity contribution < 1.29 is 13.9 Å². The average molecular weight is 264 g/mol. The van der Waals surface area contributed by atoms with E-state index in [1.54, 1.807) is 6.92 Å². The molecule has 2 aromatic rings. The number of rotatable bonds is 4. The highest BCUT2D eigenvalue weighted by molar-refractivity contribution is 5.86. The van der Waals surface area contributed by atoms with Crippen LogP contribution in [0.15, 0.2) is 24.3 Å². The fraction of sp³-hybridized carbons (Fsp3) is 0.357. The number of carbonyl (C=O) groups is 1. The van der Waals surface area contributed by atoms with Gasteiger partial charge in [-0.3, -0.25) is 0 Å². The number of aryl methyl sites for hydroxylation is 1. The number of H-pyrrole nitrogens is 1. The van der Waals surface area contributed by atoms with Gasteiger partial charge < -0.3 is 15.5 Å². The smallest absolute Gasteiger partial charge is 0.342 e. The summed E-state index contributed by atoms with van der Waals surface area (Å²) in [7, 11) is 0. The van der Waals surface area contributed by atoms with Gasteiger partial charge in [-0.2, -0.15) is 0 Å². The molecule has 2 rings (SSSR count). The van der Waals surface area contributed by atoms with Gasteiger partial charge >= 0.3 is 5.97 Å². The van der Waals surface area contributed by atoms with Gasteiger partial charge in [-0.05, 0) is 19.9 Å². The second kappa shape index (κ2) is 5.40. The Morgan fingerprint density at radius 1 is 1.47 bits per heavy atom. The lowest BCUT2D eigenvalue weighted by Crippen LogP contribution is -2.31. The van der Waals surface area contributed by atoms with Crippen LogP contribution in [0.2, 0.25) is 0 Å². The Bertz CT molecular complexity index is 594. The van der Waals surface area contributed by atoms with Gasteiger partial charge in [0.15, 0.2) is 0 Å². The molecule has 3 N–H and O–H groups in total. The molecule has 0 fully saturated rings. The van der Waals surface area contributed by atoms with Crippen LogP contribution in [0, 0.1) is 6.92 Å². The van der Waals surface area contributed by atoms with Crippen molar-refractivity contribution in [3.8, 4) is 0 Å². The standard InChI is InChI=1S/C14H17FN2O2/c1-3-19-14(18)12(15)13(16)11-8(2)17-10-7-5-4-6-9(10)11/h4-7,12-13,17H,3,16H2,1-2H3/t12?,13-/m0/s1. The number of hydrogen-bond donors (Lipinski definition) is 2. The number of ether oxygens (including phenoxy) is 1. The Hall–Kier alpha value is -1.88. The summed E-state index contributed by atoms with van der Waals surface area (Å²) in [5, 5.41) is 0.833. The van der Waals surface area contributed by atoms with Crippen molar-refractivity contribution in [1.82, 2.24) is 4.98 Å². The highest BCUT2D eigenvalue weighted by Gasteiger charge is 2.30. The van der Waals surface area contributed by atoms with Crippen LogP contribution in [0.3, 0.4) is 0 Å². The number of alkyl halides is 1. The van der Waals surface area contributed by atoms with E-state index < -0.39 is 18.2 Å². The van der Waals surface area contributed by atoms with Crippen molar-refractivity contribution in [2.24, 2.45) is 5.73 Å². The van der Waals surface area contributed by atoms with Gasteiger partial charge in [-0.1, -0.05) is 18.2 Å². The SMILES string of the molecule is CCOC(=O)C(F)[C@@H](N)c1c(C)[nH]c2ccccc12. The molecule has 5 heteroatoms. The third kappa shape index (κ3) is 2.46. The van der Waals surface area contributed by atoms with Crippen LogP contribution in [-0.4, -0.2) is 23.7 Å². The molecule has 0 radical (unpaired) electrons. The number of aromatic nitrogens is 1. The van der Waals surface area contributed by atoms with Gasteiger partial charge in [0.2, 0.25) is 6.17 Å². The zero-order chi connectivity index (χ0) is 14.0. The van der Waals surface area contributed by atoms with E-state index in [0.29, 0.717) is 5.56 Å².